The molecule has 25 heavy (non-hydrogen) atoms. The number of ether oxygens (including phenoxy) is 1. The fourth-order valence-corrected chi connectivity index (χ4v) is 2.38. The normalized spacial score (nSPS) is 11.0. The van der Waals surface area contributed by atoms with Crippen LogP contribution in [0.2, 0.25) is 0 Å². The molecule has 0 aliphatic heterocycles. The molecule has 0 saturated carbocycles. The van der Waals surface area contributed by atoms with Gasteiger partial charge in [-0.25, -0.2) is 10.1 Å². The number of nitrogens with one attached hydrogen (secondary N) is 1. The Hall–Kier alpha value is -3.48. The molecule has 126 valence electrons. The molecule has 2 aromatic carbocycles. The zero-order valence-corrected chi connectivity index (χ0v) is 13.8. The predicted octanol–water partition coefficient (Wildman–Crippen LogP) is 1.71. The van der Waals surface area contributed by atoms with Gasteiger partial charge in [0, 0.05) is 12.4 Å². The topological polar surface area (TPSA) is 85.6 Å². The average Bonchev–Trinajstić information content (AvgIpc) is 2.65. The Balaban J connectivity index is 1.84. The summed E-state index contributed by atoms with van der Waals surface area (Å²) in [5, 5.41) is 8.91. The molecule has 1 aromatic heterocycles. The van der Waals surface area contributed by atoms with Crippen LogP contribution in [0.4, 0.5) is 0 Å². The first-order valence-corrected chi connectivity index (χ1v) is 7.53. The van der Waals surface area contributed by atoms with E-state index in [1.54, 1.807) is 43.5 Å². The van der Waals surface area contributed by atoms with Crippen LogP contribution in [0.15, 0.2) is 58.4 Å². The average molecular weight is 336 g/mol. The number of methoxy groups -OCH3 is 1. The smallest absolute Gasteiger partial charge is 0.292 e. The van der Waals surface area contributed by atoms with Crippen molar-refractivity contribution in [3.05, 3.63) is 70.1 Å². The van der Waals surface area contributed by atoms with Crippen LogP contribution in [0.1, 0.15) is 16.1 Å². The lowest BCUT2D eigenvalue weighted by Gasteiger charge is -2.06. The molecule has 3 aromatic rings. The zero-order chi connectivity index (χ0) is 17.8. The Labute approximate surface area is 143 Å². The van der Waals surface area contributed by atoms with Gasteiger partial charge in [0.1, 0.15) is 5.75 Å². The van der Waals surface area contributed by atoms with Gasteiger partial charge in [0.15, 0.2) is 5.69 Å². The maximum atomic E-state index is 12.4. The molecule has 1 amide bonds. The van der Waals surface area contributed by atoms with E-state index >= 15 is 0 Å². The minimum absolute atomic E-state index is 0.143. The number of aromatic nitrogens is 2. The second kappa shape index (κ2) is 6.96. The van der Waals surface area contributed by atoms with Crippen molar-refractivity contribution in [3.63, 3.8) is 0 Å². The Morgan fingerprint density at radius 1 is 1.16 bits per heavy atom. The van der Waals surface area contributed by atoms with Gasteiger partial charge in [-0.15, -0.1) is 0 Å². The summed E-state index contributed by atoms with van der Waals surface area (Å²) in [4.78, 5) is 24.5. The van der Waals surface area contributed by atoms with E-state index < -0.39 is 5.91 Å². The van der Waals surface area contributed by atoms with Crippen LogP contribution in [0.3, 0.4) is 0 Å². The van der Waals surface area contributed by atoms with E-state index in [9.17, 15) is 9.59 Å². The van der Waals surface area contributed by atoms with Gasteiger partial charge in [-0.05, 0) is 35.9 Å². The van der Waals surface area contributed by atoms with E-state index in [0.29, 0.717) is 10.8 Å². The van der Waals surface area contributed by atoms with Crippen LogP contribution in [0.25, 0.3) is 10.8 Å². The van der Waals surface area contributed by atoms with E-state index in [2.05, 4.69) is 15.6 Å². The molecule has 1 heterocycles. The van der Waals surface area contributed by atoms with Crippen LogP contribution in [0.5, 0.6) is 5.75 Å². The molecule has 0 spiro atoms. The molecule has 0 unspecified atom stereocenters. The Morgan fingerprint density at radius 3 is 2.52 bits per heavy atom. The van der Waals surface area contributed by atoms with Crippen LogP contribution < -0.4 is 15.7 Å². The fourth-order valence-electron chi connectivity index (χ4n) is 2.38. The summed E-state index contributed by atoms with van der Waals surface area (Å²) in [6.07, 6.45) is 1.52. The molecule has 0 atom stereocenters. The van der Waals surface area contributed by atoms with Crippen molar-refractivity contribution in [2.24, 2.45) is 12.1 Å². The van der Waals surface area contributed by atoms with Crippen molar-refractivity contribution in [2.45, 2.75) is 0 Å². The van der Waals surface area contributed by atoms with Gasteiger partial charge in [-0.3, -0.25) is 9.59 Å². The molecule has 0 bridgehead atoms. The highest BCUT2D eigenvalue weighted by atomic mass is 16.5. The SMILES string of the molecule is COc1ccc(/C=N/NC(=O)c2nn(C)c(=O)c3ccccc23)cc1. The van der Waals surface area contributed by atoms with Crippen LogP contribution in [-0.2, 0) is 7.05 Å². The number of hydrogen-bond acceptors (Lipinski definition) is 5. The van der Waals surface area contributed by atoms with Crippen molar-refractivity contribution >= 4 is 22.9 Å². The van der Waals surface area contributed by atoms with Crippen molar-refractivity contribution in [1.82, 2.24) is 15.2 Å². The van der Waals surface area contributed by atoms with E-state index in [0.717, 1.165) is 16.0 Å². The summed E-state index contributed by atoms with van der Waals surface area (Å²) in [5.41, 5.74) is 3.13. The van der Waals surface area contributed by atoms with Gasteiger partial charge in [-0.2, -0.15) is 10.2 Å². The second-order valence-electron chi connectivity index (χ2n) is 5.30. The third-order valence-corrected chi connectivity index (χ3v) is 3.67. The first-order chi connectivity index (χ1) is 12.1. The molecule has 7 nitrogen and oxygen atoms in total. The van der Waals surface area contributed by atoms with Crippen molar-refractivity contribution in [3.8, 4) is 5.75 Å². The molecule has 3 rings (SSSR count). The maximum absolute atomic E-state index is 12.4. The van der Waals surface area contributed by atoms with Gasteiger partial charge in [0.25, 0.3) is 11.5 Å². The lowest BCUT2D eigenvalue weighted by Crippen LogP contribution is -2.27. The minimum Gasteiger partial charge on any atom is -0.497 e. The Kier molecular flexibility index (Phi) is 4.56. The van der Waals surface area contributed by atoms with E-state index in [-0.39, 0.29) is 11.3 Å². The minimum atomic E-state index is -0.489. The summed E-state index contributed by atoms with van der Waals surface area (Å²) in [6.45, 7) is 0. The van der Waals surface area contributed by atoms with Crippen LogP contribution >= 0.6 is 0 Å². The van der Waals surface area contributed by atoms with E-state index in [4.69, 9.17) is 4.74 Å². The standard InChI is InChI=1S/C18H16N4O3/c1-22-18(24)15-6-4-3-5-14(15)16(21-22)17(23)20-19-11-12-7-9-13(25-2)10-8-12/h3-11H,1-2H3,(H,20,23)/b19-11+. The van der Waals surface area contributed by atoms with Crippen LogP contribution in [-0.4, -0.2) is 29.0 Å². The number of carbonyl (C=O) groups excluding carboxylic acids is 1. The fraction of sp³-hybridized carbons (Fsp3) is 0.111. The summed E-state index contributed by atoms with van der Waals surface area (Å²) in [7, 11) is 3.10. The summed E-state index contributed by atoms with van der Waals surface area (Å²) in [6, 6.07) is 14.1. The van der Waals surface area contributed by atoms with E-state index in [1.807, 2.05) is 12.1 Å². The molecule has 1 N–H and O–H groups in total. The zero-order valence-electron chi connectivity index (χ0n) is 13.8. The quantitative estimate of drug-likeness (QED) is 0.580. The number of fused-ring (bicyclic) bond motifs is 1. The number of hydrazone groups is 1. The number of nitrogens with zero attached hydrogens (tertiary/aromatic N) is 3. The number of amides is 1. The number of benzene rings is 2. The first kappa shape index (κ1) is 16.4. The molecule has 0 fully saturated rings. The number of rotatable bonds is 4. The lowest BCUT2D eigenvalue weighted by atomic mass is 10.1. The molecule has 0 aliphatic rings. The van der Waals surface area contributed by atoms with Gasteiger partial charge in [0.05, 0.1) is 18.7 Å². The predicted molar refractivity (Wildman–Crippen MR) is 95.0 cm³/mol. The summed E-state index contributed by atoms with van der Waals surface area (Å²) in [5.74, 6) is 0.249. The Morgan fingerprint density at radius 2 is 1.84 bits per heavy atom. The van der Waals surface area contributed by atoms with Gasteiger partial charge < -0.3 is 4.74 Å². The first-order valence-electron chi connectivity index (χ1n) is 7.53. The lowest BCUT2D eigenvalue weighted by molar-refractivity contribution is 0.0950. The molecule has 0 aliphatic carbocycles. The van der Waals surface area contributed by atoms with Crippen molar-refractivity contribution < 1.29 is 9.53 Å². The third kappa shape index (κ3) is 3.40. The van der Waals surface area contributed by atoms with Gasteiger partial charge >= 0.3 is 0 Å². The second-order valence-corrected chi connectivity index (χ2v) is 5.30. The summed E-state index contributed by atoms with van der Waals surface area (Å²) < 4.78 is 6.22. The van der Waals surface area contributed by atoms with Crippen molar-refractivity contribution in [1.29, 1.82) is 0 Å². The van der Waals surface area contributed by atoms with Crippen LogP contribution in [0, 0.1) is 0 Å². The Bertz CT molecular complexity index is 1010. The van der Waals surface area contributed by atoms with Gasteiger partial charge in [-0.1, -0.05) is 18.2 Å². The molecule has 7 heteroatoms. The van der Waals surface area contributed by atoms with Crippen molar-refractivity contribution in [2.75, 3.05) is 7.11 Å². The highest BCUT2D eigenvalue weighted by molar-refractivity contribution is 6.04. The van der Waals surface area contributed by atoms with Gasteiger partial charge in [0.2, 0.25) is 0 Å². The number of aryl methyl sites for hydroxylation is 1. The van der Waals surface area contributed by atoms with E-state index in [1.165, 1.54) is 13.3 Å². The molecule has 0 radical (unpaired) electrons. The number of hydrogen-bond donors (Lipinski definition) is 1. The molecular formula is C18H16N4O3. The summed E-state index contributed by atoms with van der Waals surface area (Å²) >= 11 is 0. The maximum Gasteiger partial charge on any atom is 0.292 e. The molecule has 0 saturated heterocycles. The third-order valence-electron chi connectivity index (χ3n) is 3.67. The molecular weight excluding hydrogens is 320 g/mol. The number of carbonyl (C=O) groups is 1. The monoisotopic (exact) mass is 336 g/mol. The highest BCUT2D eigenvalue weighted by Gasteiger charge is 2.14. The largest absolute Gasteiger partial charge is 0.497 e. The highest BCUT2D eigenvalue weighted by Crippen LogP contribution is 2.13.